The fourth-order valence-electron chi connectivity index (χ4n) is 3.09. The SMILES string of the molecule is NC1CC(c2ccc(-c3cccc4[nH]ncc34)cc2)C1. The zero-order chi connectivity index (χ0) is 13.5. The van der Waals surface area contributed by atoms with Gasteiger partial charge in [-0.15, -0.1) is 0 Å². The Morgan fingerprint density at radius 3 is 2.60 bits per heavy atom. The maximum absolute atomic E-state index is 5.87. The normalized spacial score (nSPS) is 21.9. The van der Waals surface area contributed by atoms with Crippen molar-refractivity contribution in [1.82, 2.24) is 10.2 Å². The summed E-state index contributed by atoms with van der Waals surface area (Å²) >= 11 is 0. The van der Waals surface area contributed by atoms with E-state index in [4.69, 9.17) is 5.73 Å². The minimum Gasteiger partial charge on any atom is -0.328 e. The quantitative estimate of drug-likeness (QED) is 0.744. The highest BCUT2D eigenvalue weighted by molar-refractivity contribution is 5.94. The Bertz CT molecular complexity index is 736. The van der Waals surface area contributed by atoms with E-state index in [-0.39, 0.29) is 0 Å². The lowest BCUT2D eigenvalue weighted by Gasteiger charge is -2.32. The van der Waals surface area contributed by atoms with Gasteiger partial charge in [-0.1, -0.05) is 36.4 Å². The van der Waals surface area contributed by atoms with Crippen LogP contribution in [0.1, 0.15) is 24.3 Å². The highest BCUT2D eigenvalue weighted by Crippen LogP contribution is 2.36. The van der Waals surface area contributed by atoms with E-state index in [2.05, 4.69) is 52.7 Å². The van der Waals surface area contributed by atoms with Gasteiger partial charge in [0.15, 0.2) is 0 Å². The molecule has 1 saturated carbocycles. The summed E-state index contributed by atoms with van der Waals surface area (Å²) in [7, 11) is 0. The average molecular weight is 263 g/mol. The van der Waals surface area contributed by atoms with E-state index < -0.39 is 0 Å². The van der Waals surface area contributed by atoms with E-state index in [9.17, 15) is 0 Å². The van der Waals surface area contributed by atoms with Crippen molar-refractivity contribution in [2.24, 2.45) is 5.73 Å². The van der Waals surface area contributed by atoms with Crippen LogP contribution in [0.4, 0.5) is 0 Å². The molecule has 3 aromatic rings. The monoisotopic (exact) mass is 263 g/mol. The number of fused-ring (bicyclic) bond motifs is 1. The average Bonchev–Trinajstić information content (AvgIpc) is 2.92. The van der Waals surface area contributed by atoms with Crippen LogP contribution in [0.2, 0.25) is 0 Å². The van der Waals surface area contributed by atoms with Crippen LogP contribution >= 0.6 is 0 Å². The predicted octanol–water partition coefficient (Wildman–Crippen LogP) is 3.43. The van der Waals surface area contributed by atoms with Gasteiger partial charge >= 0.3 is 0 Å². The van der Waals surface area contributed by atoms with Crippen molar-refractivity contribution in [1.29, 1.82) is 0 Å². The Morgan fingerprint density at radius 1 is 1.05 bits per heavy atom. The molecule has 3 heteroatoms. The first-order valence-corrected chi connectivity index (χ1v) is 7.09. The van der Waals surface area contributed by atoms with Gasteiger partial charge in [0.1, 0.15) is 0 Å². The van der Waals surface area contributed by atoms with Crippen molar-refractivity contribution in [3.8, 4) is 11.1 Å². The Kier molecular flexibility index (Phi) is 2.60. The summed E-state index contributed by atoms with van der Waals surface area (Å²) in [5, 5.41) is 8.32. The molecule has 0 radical (unpaired) electrons. The van der Waals surface area contributed by atoms with Crippen molar-refractivity contribution >= 4 is 10.9 Å². The number of aromatic nitrogens is 2. The highest BCUT2D eigenvalue weighted by Gasteiger charge is 2.26. The molecule has 0 bridgehead atoms. The molecular formula is C17H17N3. The molecule has 0 aliphatic heterocycles. The summed E-state index contributed by atoms with van der Waals surface area (Å²) < 4.78 is 0. The van der Waals surface area contributed by atoms with Crippen molar-refractivity contribution < 1.29 is 0 Å². The number of nitrogens with two attached hydrogens (primary N) is 1. The molecule has 0 saturated heterocycles. The lowest BCUT2D eigenvalue weighted by molar-refractivity contribution is 0.351. The van der Waals surface area contributed by atoms with Gasteiger partial charge < -0.3 is 5.73 Å². The summed E-state index contributed by atoms with van der Waals surface area (Å²) in [6.45, 7) is 0. The van der Waals surface area contributed by atoms with Crippen LogP contribution in [0.3, 0.4) is 0 Å². The van der Waals surface area contributed by atoms with Crippen LogP contribution in [0.15, 0.2) is 48.7 Å². The second-order valence-electron chi connectivity index (χ2n) is 5.69. The molecule has 2 aromatic carbocycles. The smallest absolute Gasteiger partial charge is 0.0656 e. The van der Waals surface area contributed by atoms with Gasteiger partial charge in [0.2, 0.25) is 0 Å². The van der Waals surface area contributed by atoms with Crippen molar-refractivity contribution in [3.63, 3.8) is 0 Å². The molecule has 3 nitrogen and oxygen atoms in total. The van der Waals surface area contributed by atoms with Crippen LogP contribution < -0.4 is 5.73 Å². The van der Waals surface area contributed by atoms with Gasteiger partial charge in [0.25, 0.3) is 0 Å². The maximum Gasteiger partial charge on any atom is 0.0656 e. The first-order chi connectivity index (χ1) is 9.81. The highest BCUT2D eigenvalue weighted by atomic mass is 15.1. The second-order valence-corrected chi connectivity index (χ2v) is 5.69. The van der Waals surface area contributed by atoms with E-state index in [1.54, 1.807) is 0 Å². The van der Waals surface area contributed by atoms with Crippen LogP contribution in [-0.2, 0) is 0 Å². The molecule has 1 aliphatic rings. The third-order valence-corrected chi connectivity index (χ3v) is 4.35. The number of hydrogen-bond acceptors (Lipinski definition) is 2. The molecule has 3 N–H and O–H groups in total. The van der Waals surface area contributed by atoms with E-state index in [0.29, 0.717) is 12.0 Å². The topological polar surface area (TPSA) is 54.7 Å². The number of nitrogens with zero attached hydrogens (tertiary/aromatic N) is 1. The van der Waals surface area contributed by atoms with E-state index >= 15 is 0 Å². The Labute approximate surface area is 117 Å². The number of hydrogen-bond donors (Lipinski definition) is 2. The lowest BCUT2D eigenvalue weighted by Crippen LogP contribution is -2.34. The van der Waals surface area contributed by atoms with Crippen molar-refractivity contribution in [2.75, 3.05) is 0 Å². The van der Waals surface area contributed by atoms with Gasteiger partial charge in [-0.05, 0) is 41.5 Å². The molecule has 0 spiro atoms. The Balaban J connectivity index is 1.70. The molecule has 0 atom stereocenters. The molecule has 100 valence electrons. The molecule has 0 amide bonds. The third-order valence-electron chi connectivity index (χ3n) is 4.35. The van der Waals surface area contributed by atoms with E-state index in [1.807, 2.05) is 6.20 Å². The summed E-state index contributed by atoms with van der Waals surface area (Å²) in [4.78, 5) is 0. The molecule has 0 unspecified atom stereocenters. The van der Waals surface area contributed by atoms with Crippen LogP contribution in [0, 0.1) is 0 Å². The van der Waals surface area contributed by atoms with Gasteiger partial charge in [-0.3, -0.25) is 5.10 Å². The van der Waals surface area contributed by atoms with Crippen LogP contribution in [-0.4, -0.2) is 16.2 Å². The molecule has 4 rings (SSSR count). The van der Waals surface area contributed by atoms with Crippen LogP contribution in [0.5, 0.6) is 0 Å². The first kappa shape index (κ1) is 11.7. The van der Waals surface area contributed by atoms with Gasteiger partial charge in [-0.2, -0.15) is 5.10 Å². The fraction of sp³-hybridized carbons (Fsp3) is 0.235. The Morgan fingerprint density at radius 2 is 1.85 bits per heavy atom. The molecule has 20 heavy (non-hydrogen) atoms. The summed E-state index contributed by atoms with van der Waals surface area (Å²) in [6, 6.07) is 15.6. The number of H-pyrrole nitrogens is 1. The summed E-state index contributed by atoms with van der Waals surface area (Å²) in [6.07, 6.45) is 4.14. The maximum atomic E-state index is 5.87. The van der Waals surface area contributed by atoms with Crippen molar-refractivity contribution in [2.45, 2.75) is 24.8 Å². The fourth-order valence-corrected chi connectivity index (χ4v) is 3.09. The summed E-state index contributed by atoms with van der Waals surface area (Å²) in [5.74, 6) is 0.656. The van der Waals surface area contributed by atoms with Crippen LogP contribution in [0.25, 0.3) is 22.0 Å². The molecule has 1 heterocycles. The minimum atomic E-state index is 0.402. The number of benzene rings is 2. The number of nitrogens with one attached hydrogen (secondary N) is 1. The summed E-state index contributed by atoms with van der Waals surface area (Å²) in [5.41, 5.74) is 10.8. The number of aromatic amines is 1. The molecule has 1 fully saturated rings. The number of rotatable bonds is 2. The molecule has 1 aliphatic carbocycles. The van der Waals surface area contributed by atoms with Crippen molar-refractivity contribution in [3.05, 3.63) is 54.2 Å². The third kappa shape index (κ3) is 1.82. The van der Waals surface area contributed by atoms with Gasteiger partial charge in [-0.25, -0.2) is 0 Å². The Hall–Kier alpha value is -2.13. The van der Waals surface area contributed by atoms with E-state index in [1.165, 1.54) is 22.1 Å². The zero-order valence-electron chi connectivity index (χ0n) is 11.2. The molecule has 1 aromatic heterocycles. The van der Waals surface area contributed by atoms with Gasteiger partial charge in [0, 0.05) is 11.4 Å². The lowest BCUT2D eigenvalue weighted by atomic mass is 9.76. The predicted molar refractivity (Wildman–Crippen MR) is 81.5 cm³/mol. The molecular weight excluding hydrogens is 246 g/mol. The van der Waals surface area contributed by atoms with Gasteiger partial charge in [0.05, 0.1) is 11.7 Å². The van der Waals surface area contributed by atoms with E-state index in [0.717, 1.165) is 18.4 Å². The minimum absolute atomic E-state index is 0.402. The largest absolute Gasteiger partial charge is 0.328 e. The second kappa shape index (κ2) is 4.46. The zero-order valence-corrected chi connectivity index (χ0v) is 11.2. The standard InChI is InChI=1S/C17H17N3/c18-14-8-13(9-14)11-4-6-12(7-5-11)15-2-1-3-17-16(15)10-19-20-17/h1-7,10,13-14H,8-9,18H2,(H,19,20). The first-order valence-electron chi connectivity index (χ1n) is 7.09.